The zero-order valence-electron chi connectivity index (χ0n) is 19.3. The number of aliphatic carboxylic acids is 2. The largest absolute Gasteiger partial charge is 0.481 e. The number of hydrogen-bond donors (Lipinski definition) is 7. The van der Waals surface area contributed by atoms with Crippen LogP contribution in [0.2, 0.25) is 0 Å². The van der Waals surface area contributed by atoms with Gasteiger partial charge in [-0.05, 0) is 18.3 Å². The van der Waals surface area contributed by atoms with Crippen LogP contribution in [0.25, 0.3) is 0 Å². The van der Waals surface area contributed by atoms with E-state index in [1.807, 2.05) is 0 Å². The van der Waals surface area contributed by atoms with Crippen LogP contribution in [0.5, 0.6) is 0 Å². The van der Waals surface area contributed by atoms with Crippen molar-refractivity contribution in [3.63, 3.8) is 0 Å². The zero-order chi connectivity index (χ0) is 25.9. The molecule has 13 nitrogen and oxygen atoms in total. The van der Waals surface area contributed by atoms with Crippen LogP contribution in [0.15, 0.2) is 0 Å². The summed E-state index contributed by atoms with van der Waals surface area (Å²) in [6.07, 6.45) is -0.657. The predicted octanol–water partition coefficient (Wildman–Crippen LogP) is -1.70. The van der Waals surface area contributed by atoms with E-state index in [1.165, 1.54) is 0 Å². The first-order valence-corrected chi connectivity index (χ1v) is 10.6. The van der Waals surface area contributed by atoms with Gasteiger partial charge < -0.3 is 37.6 Å². The van der Waals surface area contributed by atoms with Gasteiger partial charge >= 0.3 is 11.9 Å². The minimum Gasteiger partial charge on any atom is -0.481 e. The lowest BCUT2D eigenvalue weighted by Gasteiger charge is -2.28. The van der Waals surface area contributed by atoms with Crippen LogP contribution < -0.4 is 27.4 Å². The minimum absolute atomic E-state index is 0.0931. The molecule has 0 aliphatic rings. The third-order valence-electron chi connectivity index (χ3n) is 4.88. The van der Waals surface area contributed by atoms with Crippen molar-refractivity contribution in [2.45, 2.75) is 77.5 Å². The Morgan fingerprint density at radius 1 is 0.818 bits per heavy atom. The molecule has 5 unspecified atom stereocenters. The number of carbonyl (C=O) groups is 6. The van der Waals surface area contributed by atoms with Crippen molar-refractivity contribution in [2.75, 3.05) is 0 Å². The number of rotatable bonds is 15. The second kappa shape index (κ2) is 14.0. The van der Waals surface area contributed by atoms with Crippen LogP contribution >= 0.6 is 0 Å². The van der Waals surface area contributed by atoms with Gasteiger partial charge in [-0.2, -0.15) is 0 Å². The molecule has 13 heteroatoms. The van der Waals surface area contributed by atoms with Gasteiger partial charge in [-0.25, -0.2) is 4.79 Å². The van der Waals surface area contributed by atoms with Crippen LogP contribution in [0.3, 0.4) is 0 Å². The topological polar surface area (TPSA) is 231 Å². The number of nitrogens with one attached hydrogen (secondary N) is 3. The highest BCUT2D eigenvalue weighted by atomic mass is 16.4. The molecule has 5 atom stereocenters. The second-order valence-electron chi connectivity index (χ2n) is 8.34. The Kier molecular flexibility index (Phi) is 12.7. The van der Waals surface area contributed by atoms with E-state index in [9.17, 15) is 28.8 Å². The van der Waals surface area contributed by atoms with Crippen molar-refractivity contribution >= 4 is 35.6 Å². The molecule has 33 heavy (non-hydrogen) atoms. The van der Waals surface area contributed by atoms with Crippen LogP contribution in [0, 0.1) is 11.8 Å². The van der Waals surface area contributed by atoms with Gasteiger partial charge in [-0.15, -0.1) is 0 Å². The summed E-state index contributed by atoms with van der Waals surface area (Å²) < 4.78 is 0. The lowest BCUT2D eigenvalue weighted by molar-refractivity contribution is -0.147. The summed E-state index contributed by atoms with van der Waals surface area (Å²) in [5, 5.41) is 25.1. The fourth-order valence-electron chi connectivity index (χ4n) is 2.88. The lowest BCUT2D eigenvalue weighted by Crippen LogP contribution is -2.59. The molecule has 0 aromatic heterocycles. The van der Waals surface area contributed by atoms with Crippen LogP contribution in [-0.2, 0) is 28.8 Å². The maximum Gasteiger partial charge on any atom is 0.326 e. The minimum atomic E-state index is -1.68. The SMILES string of the molecule is CCC(C)C(NC(=O)C(N)CC(N)=O)C(=O)NC(CC(C)C)C(=O)NC(CC(=O)O)C(=O)O. The van der Waals surface area contributed by atoms with Gasteiger partial charge in [-0.1, -0.05) is 34.1 Å². The van der Waals surface area contributed by atoms with Gasteiger partial charge in [0.05, 0.1) is 18.9 Å². The van der Waals surface area contributed by atoms with Crippen molar-refractivity contribution in [3.05, 3.63) is 0 Å². The van der Waals surface area contributed by atoms with Gasteiger partial charge in [0.25, 0.3) is 0 Å². The molecule has 0 heterocycles. The smallest absolute Gasteiger partial charge is 0.326 e. The molecular weight excluding hydrogens is 438 g/mol. The average Bonchev–Trinajstić information content (AvgIpc) is 2.68. The Labute approximate surface area is 192 Å². The van der Waals surface area contributed by atoms with Crippen LogP contribution in [0.4, 0.5) is 0 Å². The Hall–Kier alpha value is -3.22. The normalized spacial score (nSPS) is 15.5. The molecule has 0 aromatic rings. The third kappa shape index (κ3) is 11.3. The van der Waals surface area contributed by atoms with E-state index in [2.05, 4.69) is 16.0 Å². The summed E-state index contributed by atoms with van der Waals surface area (Å²) >= 11 is 0. The molecule has 0 radical (unpaired) electrons. The molecule has 0 bridgehead atoms. The Morgan fingerprint density at radius 2 is 1.36 bits per heavy atom. The van der Waals surface area contributed by atoms with Crippen LogP contribution in [-0.4, -0.2) is 69.9 Å². The molecule has 0 saturated heterocycles. The monoisotopic (exact) mass is 473 g/mol. The molecule has 0 saturated carbocycles. The zero-order valence-corrected chi connectivity index (χ0v) is 19.3. The number of carboxylic acids is 2. The number of nitrogens with two attached hydrogens (primary N) is 2. The number of amides is 4. The van der Waals surface area contributed by atoms with Crippen molar-refractivity contribution in [3.8, 4) is 0 Å². The average molecular weight is 474 g/mol. The summed E-state index contributed by atoms with van der Waals surface area (Å²) in [6, 6.07) is -5.23. The number of hydrogen-bond acceptors (Lipinski definition) is 7. The Bertz CT molecular complexity index is 742. The first kappa shape index (κ1) is 29.8. The molecule has 0 aromatic carbocycles. The van der Waals surface area contributed by atoms with E-state index in [1.54, 1.807) is 27.7 Å². The van der Waals surface area contributed by atoms with E-state index in [0.29, 0.717) is 6.42 Å². The fraction of sp³-hybridized carbons (Fsp3) is 0.700. The second-order valence-corrected chi connectivity index (χ2v) is 8.34. The fourth-order valence-corrected chi connectivity index (χ4v) is 2.88. The summed E-state index contributed by atoms with van der Waals surface area (Å²) in [7, 11) is 0. The third-order valence-corrected chi connectivity index (χ3v) is 4.88. The maximum atomic E-state index is 13.0. The molecule has 0 aliphatic heterocycles. The van der Waals surface area contributed by atoms with Gasteiger partial charge in [-0.3, -0.25) is 24.0 Å². The van der Waals surface area contributed by atoms with Crippen LogP contribution in [0.1, 0.15) is 53.4 Å². The molecule has 188 valence electrons. The standard InChI is InChI=1S/C20H35N5O8/c1-5-10(4)16(25-17(29)11(21)7-14(22)26)19(31)23-12(6-9(2)3)18(30)24-13(20(32)33)8-15(27)28/h9-13,16H,5-8,21H2,1-4H3,(H2,22,26)(H,23,31)(H,24,30)(H,25,29)(H,27,28)(H,32,33). The molecular formula is C20H35N5O8. The highest BCUT2D eigenvalue weighted by Gasteiger charge is 2.33. The van der Waals surface area contributed by atoms with Gasteiger partial charge in [0.2, 0.25) is 23.6 Å². The first-order valence-electron chi connectivity index (χ1n) is 10.6. The van der Waals surface area contributed by atoms with Gasteiger partial charge in [0, 0.05) is 0 Å². The lowest BCUT2D eigenvalue weighted by atomic mass is 9.96. The number of carbonyl (C=O) groups excluding carboxylic acids is 4. The van der Waals surface area contributed by atoms with E-state index >= 15 is 0 Å². The quantitative estimate of drug-likeness (QED) is 0.143. The highest BCUT2D eigenvalue weighted by molar-refractivity contribution is 5.95. The molecule has 0 spiro atoms. The number of primary amides is 1. The summed E-state index contributed by atoms with van der Waals surface area (Å²) in [6.45, 7) is 7.02. The summed E-state index contributed by atoms with van der Waals surface area (Å²) in [5.41, 5.74) is 10.7. The molecule has 9 N–H and O–H groups in total. The highest BCUT2D eigenvalue weighted by Crippen LogP contribution is 2.11. The van der Waals surface area contributed by atoms with E-state index in [4.69, 9.17) is 21.7 Å². The molecule has 0 fully saturated rings. The van der Waals surface area contributed by atoms with E-state index in [0.717, 1.165) is 0 Å². The number of carboxylic acid groups (broad SMARTS) is 2. The Balaban J connectivity index is 5.59. The summed E-state index contributed by atoms with van der Waals surface area (Å²) in [5.74, 6) is -6.56. The predicted molar refractivity (Wildman–Crippen MR) is 116 cm³/mol. The van der Waals surface area contributed by atoms with Crippen molar-refractivity contribution in [1.29, 1.82) is 0 Å². The van der Waals surface area contributed by atoms with Crippen molar-refractivity contribution in [1.82, 2.24) is 16.0 Å². The first-order chi connectivity index (χ1) is 15.2. The molecule has 4 amide bonds. The van der Waals surface area contributed by atoms with Crippen molar-refractivity contribution in [2.24, 2.45) is 23.3 Å². The maximum absolute atomic E-state index is 13.0. The van der Waals surface area contributed by atoms with Gasteiger partial charge in [0.15, 0.2) is 0 Å². The molecule has 0 rings (SSSR count). The van der Waals surface area contributed by atoms with E-state index in [-0.39, 0.29) is 18.3 Å². The van der Waals surface area contributed by atoms with Gasteiger partial charge in [0.1, 0.15) is 18.1 Å². The summed E-state index contributed by atoms with van der Waals surface area (Å²) in [4.78, 5) is 71.1. The van der Waals surface area contributed by atoms with Crippen molar-refractivity contribution < 1.29 is 39.0 Å². The Morgan fingerprint density at radius 3 is 1.79 bits per heavy atom. The van der Waals surface area contributed by atoms with E-state index < -0.39 is 72.6 Å². The molecule has 0 aliphatic carbocycles.